The van der Waals surface area contributed by atoms with Crippen LogP contribution >= 0.6 is 0 Å². The Morgan fingerprint density at radius 2 is 2.25 bits per heavy atom. The summed E-state index contributed by atoms with van der Waals surface area (Å²) in [7, 11) is -3.52. The summed E-state index contributed by atoms with van der Waals surface area (Å²) in [5.74, 6) is 0.739. The van der Waals surface area contributed by atoms with Gasteiger partial charge in [-0.2, -0.15) is 0 Å². The number of aromatic nitrogens is 2. The molecule has 0 saturated carbocycles. The summed E-state index contributed by atoms with van der Waals surface area (Å²) in [6.45, 7) is 7.46. The van der Waals surface area contributed by atoms with Gasteiger partial charge in [-0.15, -0.1) is 0 Å². The first-order valence-corrected chi connectivity index (χ1v) is 8.70. The molecule has 0 bridgehead atoms. The molecule has 1 fully saturated rings. The summed E-state index contributed by atoms with van der Waals surface area (Å²) in [5.41, 5.74) is 0. The van der Waals surface area contributed by atoms with Gasteiger partial charge in [0.05, 0.1) is 0 Å². The first-order valence-electron chi connectivity index (χ1n) is 7.22. The molecule has 2 unspecified atom stereocenters. The zero-order chi connectivity index (χ0) is 14.8. The Labute approximate surface area is 121 Å². The Morgan fingerprint density at radius 3 is 2.85 bits per heavy atom. The number of hydrogen-bond donors (Lipinski definition) is 2. The van der Waals surface area contributed by atoms with Crippen molar-refractivity contribution in [2.24, 2.45) is 0 Å². The van der Waals surface area contributed by atoms with Gasteiger partial charge in [-0.1, -0.05) is 6.92 Å². The molecule has 1 aliphatic rings. The zero-order valence-electron chi connectivity index (χ0n) is 12.4. The Bertz CT molecular complexity index is 545. The van der Waals surface area contributed by atoms with Crippen LogP contribution in [-0.4, -0.2) is 36.6 Å². The van der Waals surface area contributed by atoms with Crippen molar-refractivity contribution in [3.63, 3.8) is 0 Å². The van der Waals surface area contributed by atoms with Crippen LogP contribution in [0.4, 0.5) is 0 Å². The molecule has 0 radical (unpaired) electrons. The molecule has 2 heterocycles. The lowest BCUT2D eigenvalue weighted by molar-refractivity contribution is 0.366. The number of imidazole rings is 1. The van der Waals surface area contributed by atoms with E-state index in [1.807, 2.05) is 11.5 Å². The second-order valence-corrected chi connectivity index (χ2v) is 7.19. The highest BCUT2D eigenvalue weighted by Gasteiger charge is 2.25. The van der Waals surface area contributed by atoms with Gasteiger partial charge in [-0.25, -0.2) is 18.1 Å². The maximum Gasteiger partial charge on any atom is 0.259 e. The molecule has 2 N–H and O–H groups in total. The van der Waals surface area contributed by atoms with E-state index in [1.165, 1.54) is 0 Å². The van der Waals surface area contributed by atoms with Gasteiger partial charge in [0.2, 0.25) is 0 Å². The molecule has 1 aliphatic heterocycles. The van der Waals surface area contributed by atoms with Crippen LogP contribution in [0, 0.1) is 6.92 Å². The Morgan fingerprint density at radius 1 is 1.50 bits per heavy atom. The van der Waals surface area contributed by atoms with E-state index in [9.17, 15) is 8.42 Å². The van der Waals surface area contributed by atoms with Gasteiger partial charge in [0, 0.05) is 31.4 Å². The van der Waals surface area contributed by atoms with E-state index in [-0.39, 0.29) is 11.1 Å². The standard InChI is InChI=1S/C13H24N4O2S/c1-4-7-17-9-13(15-11(17)3)20(18,19)16-12-6-5-10(2)14-8-12/h9-10,12,14,16H,4-8H2,1-3H3. The highest BCUT2D eigenvalue weighted by Crippen LogP contribution is 2.13. The monoisotopic (exact) mass is 300 g/mol. The molecule has 1 saturated heterocycles. The van der Waals surface area contributed by atoms with Gasteiger partial charge in [0.15, 0.2) is 5.03 Å². The van der Waals surface area contributed by atoms with E-state index in [0.29, 0.717) is 12.6 Å². The molecule has 1 aromatic heterocycles. The van der Waals surface area contributed by atoms with Crippen molar-refractivity contribution in [2.45, 2.75) is 63.7 Å². The molecular weight excluding hydrogens is 276 g/mol. The minimum Gasteiger partial charge on any atom is -0.334 e. The van der Waals surface area contributed by atoms with Crippen molar-refractivity contribution in [3.8, 4) is 0 Å². The Hall–Kier alpha value is -0.920. The van der Waals surface area contributed by atoms with Gasteiger partial charge < -0.3 is 9.88 Å². The molecule has 0 amide bonds. The third-order valence-corrected chi connectivity index (χ3v) is 5.07. The van der Waals surface area contributed by atoms with Gasteiger partial charge >= 0.3 is 0 Å². The van der Waals surface area contributed by atoms with E-state index in [1.54, 1.807) is 6.20 Å². The molecule has 1 aromatic rings. The fourth-order valence-corrected chi connectivity index (χ4v) is 3.73. The molecule has 20 heavy (non-hydrogen) atoms. The van der Waals surface area contributed by atoms with Crippen molar-refractivity contribution >= 4 is 10.0 Å². The van der Waals surface area contributed by atoms with Crippen molar-refractivity contribution < 1.29 is 8.42 Å². The average molecular weight is 300 g/mol. The van der Waals surface area contributed by atoms with Crippen LogP contribution in [0.15, 0.2) is 11.2 Å². The predicted molar refractivity (Wildman–Crippen MR) is 78.1 cm³/mol. The number of nitrogens with one attached hydrogen (secondary N) is 2. The van der Waals surface area contributed by atoms with E-state index in [2.05, 4.69) is 28.9 Å². The predicted octanol–water partition coefficient (Wildman–Crippen LogP) is 1.02. The summed E-state index contributed by atoms with van der Waals surface area (Å²) >= 11 is 0. The van der Waals surface area contributed by atoms with Crippen molar-refractivity contribution in [1.82, 2.24) is 19.6 Å². The highest BCUT2D eigenvalue weighted by molar-refractivity contribution is 7.89. The van der Waals surface area contributed by atoms with Gasteiger partial charge in [0.1, 0.15) is 5.82 Å². The normalized spacial score (nSPS) is 23.9. The zero-order valence-corrected chi connectivity index (χ0v) is 13.2. The number of sulfonamides is 1. The quantitative estimate of drug-likeness (QED) is 0.851. The summed E-state index contributed by atoms with van der Waals surface area (Å²) in [6.07, 6.45) is 4.42. The maximum atomic E-state index is 12.3. The lowest BCUT2D eigenvalue weighted by Crippen LogP contribution is -2.48. The molecule has 0 aromatic carbocycles. The van der Waals surface area contributed by atoms with Crippen LogP contribution in [0.3, 0.4) is 0 Å². The third-order valence-electron chi connectivity index (χ3n) is 3.68. The summed E-state index contributed by atoms with van der Waals surface area (Å²) in [4.78, 5) is 4.17. The molecule has 114 valence electrons. The Kier molecular flexibility index (Phi) is 4.82. The number of hydrogen-bond acceptors (Lipinski definition) is 4. The average Bonchev–Trinajstić information content (AvgIpc) is 2.75. The number of piperidine rings is 1. The number of nitrogens with zero attached hydrogens (tertiary/aromatic N) is 2. The first kappa shape index (κ1) is 15.5. The highest BCUT2D eigenvalue weighted by atomic mass is 32.2. The van der Waals surface area contributed by atoms with Crippen LogP contribution < -0.4 is 10.0 Å². The van der Waals surface area contributed by atoms with Crippen molar-refractivity contribution in [3.05, 3.63) is 12.0 Å². The van der Waals surface area contributed by atoms with E-state index < -0.39 is 10.0 Å². The number of aryl methyl sites for hydroxylation is 2. The van der Waals surface area contributed by atoms with Crippen molar-refractivity contribution in [1.29, 1.82) is 0 Å². The minimum atomic E-state index is -3.52. The summed E-state index contributed by atoms with van der Waals surface area (Å²) < 4.78 is 29.3. The molecule has 7 heteroatoms. The topological polar surface area (TPSA) is 76.0 Å². The van der Waals surface area contributed by atoms with Crippen LogP contribution in [-0.2, 0) is 16.6 Å². The fraction of sp³-hybridized carbons (Fsp3) is 0.769. The van der Waals surface area contributed by atoms with Crippen LogP contribution in [0.1, 0.15) is 38.9 Å². The largest absolute Gasteiger partial charge is 0.334 e. The maximum absolute atomic E-state index is 12.3. The van der Waals surface area contributed by atoms with E-state index in [4.69, 9.17) is 0 Å². The van der Waals surface area contributed by atoms with Gasteiger partial charge in [0.25, 0.3) is 10.0 Å². The lowest BCUT2D eigenvalue weighted by Gasteiger charge is -2.27. The van der Waals surface area contributed by atoms with E-state index in [0.717, 1.165) is 31.6 Å². The van der Waals surface area contributed by atoms with Gasteiger partial charge in [-0.05, 0) is 33.1 Å². The van der Waals surface area contributed by atoms with E-state index >= 15 is 0 Å². The van der Waals surface area contributed by atoms with Crippen LogP contribution in [0.25, 0.3) is 0 Å². The Balaban J connectivity index is 2.08. The fourth-order valence-electron chi connectivity index (χ4n) is 2.46. The summed E-state index contributed by atoms with van der Waals surface area (Å²) in [5, 5.41) is 3.42. The lowest BCUT2D eigenvalue weighted by atomic mass is 10.0. The summed E-state index contributed by atoms with van der Waals surface area (Å²) in [6, 6.07) is 0.412. The SMILES string of the molecule is CCCn1cc(S(=O)(=O)NC2CCC(C)NC2)nc1C. The second kappa shape index (κ2) is 6.24. The molecule has 0 spiro atoms. The smallest absolute Gasteiger partial charge is 0.259 e. The molecule has 6 nitrogen and oxygen atoms in total. The molecule has 2 rings (SSSR count). The first-order chi connectivity index (χ1) is 9.42. The molecule has 0 aliphatic carbocycles. The number of rotatable bonds is 5. The minimum absolute atomic E-state index is 0.0483. The molecule has 2 atom stereocenters. The third kappa shape index (κ3) is 3.59. The van der Waals surface area contributed by atoms with Crippen LogP contribution in [0.2, 0.25) is 0 Å². The van der Waals surface area contributed by atoms with Crippen LogP contribution in [0.5, 0.6) is 0 Å². The molecular formula is C13H24N4O2S. The van der Waals surface area contributed by atoms with Gasteiger partial charge in [-0.3, -0.25) is 0 Å². The second-order valence-electron chi connectivity index (χ2n) is 5.52. The van der Waals surface area contributed by atoms with Crippen molar-refractivity contribution in [2.75, 3.05) is 6.54 Å².